The van der Waals surface area contributed by atoms with Crippen molar-refractivity contribution >= 4 is 17.2 Å². The summed E-state index contributed by atoms with van der Waals surface area (Å²) in [5, 5.41) is 9.17. The Balaban J connectivity index is 1.36. The van der Waals surface area contributed by atoms with Crippen molar-refractivity contribution in [2.45, 2.75) is 19.8 Å². The normalized spacial score (nSPS) is 13.8. The lowest BCUT2D eigenvalue weighted by atomic mass is 10.0. The van der Waals surface area contributed by atoms with E-state index in [0.29, 0.717) is 18.8 Å². The Morgan fingerprint density at radius 2 is 2.11 bits per heavy atom. The fourth-order valence-electron chi connectivity index (χ4n) is 3.12. The molecule has 1 aliphatic rings. The van der Waals surface area contributed by atoms with Gasteiger partial charge in [0.05, 0.1) is 10.6 Å². The Morgan fingerprint density at radius 1 is 1.25 bits per heavy atom. The van der Waals surface area contributed by atoms with E-state index < -0.39 is 0 Å². The molecule has 1 N–H and O–H groups in total. The molecule has 0 bridgehead atoms. The monoisotopic (exact) mass is 388 g/mol. The number of carbonyl (C=O) groups is 1. The largest absolute Gasteiger partial charge is 0.337 e. The summed E-state index contributed by atoms with van der Waals surface area (Å²) < 4.78 is 0. The molecule has 0 aromatic carbocycles. The van der Waals surface area contributed by atoms with Crippen molar-refractivity contribution in [3.63, 3.8) is 0 Å². The predicted molar refractivity (Wildman–Crippen MR) is 111 cm³/mol. The summed E-state index contributed by atoms with van der Waals surface area (Å²) in [6.45, 7) is 3.34. The number of likely N-dealkylation sites (tertiary alicyclic amines) is 1. The molecule has 4 rings (SSSR count). The Kier molecular flexibility index (Phi) is 5.36. The van der Waals surface area contributed by atoms with Crippen molar-refractivity contribution in [2.75, 3.05) is 13.1 Å². The van der Waals surface area contributed by atoms with E-state index in [4.69, 9.17) is 0 Å². The number of pyridine rings is 1. The first-order chi connectivity index (χ1) is 13.7. The second-order valence-corrected chi connectivity index (χ2v) is 7.62. The number of aryl methyl sites for hydroxylation is 1. The van der Waals surface area contributed by atoms with Gasteiger partial charge in [-0.3, -0.25) is 9.89 Å². The maximum atomic E-state index is 12.7. The van der Waals surface area contributed by atoms with Crippen molar-refractivity contribution in [3.05, 3.63) is 70.5 Å². The molecule has 1 fully saturated rings. The number of rotatable bonds is 2. The fraction of sp³-hybridized carbons (Fsp3) is 0.227. The Morgan fingerprint density at radius 3 is 2.86 bits per heavy atom. The molecule has 3 aromatic heterocycles. The van der Waals surface area contributed by atoms with Crippen LogP contribution in [0.2, 0.25) is 0 Å². The van der Waals surface area contributed by atoms with Crippen LogP contribution in [0, 0.1) is 18.8 Å². The van der Waals surface area contributed by atoms with Gasteiger partial charge in [-0.15, -0.1) is 11.3 Å². The van der Waals surface area contributed by atoms with Crippen LogP contribution in [0.3, 0.4) is 0 Å². The van der Waals surface area contributed by atoms with Crippen LogP contribution in [-0.4, -0.2) is 39.1 Å². The van der Waals surface area contributed by atoms with Gasteiger partial charge in [-0.1, -0.05) is 23.6 Å². The first kappa shape index (κ1) is 18.2. The van der Waals surface area contributed by atoms with Gasteiger partial charge in [0.1, 0.15) is 5.69 Å². The van der Waals surface area contributed by atoms with Gasteiger partial charge in [-0.25, -0.2) is 4.98 Å². The lowest BCUT2D eigenvalue weighted by Gasteiger charge is -2.27. The van der Waals surface area contributed by atoms with Gasteiger partial charge in [0.15, 0.2) is 5.69 Å². The number of H-pyrrole nitrogens is 1. The predicted octanol–water partition coefficient (Wildman–Crippen LogP) is 4.06. The van der Waals surface area contributed by atoms with Crippen LogP contribution in [-0.2, 0) is 0 Å². The summed E-state index contributed by atoms with van der Waals surface area (Å²) in [5.74, 6) is 6.16. The van der Waals surface area contributed by atoms with Gasteiger partial charge in [0.2, 0.25) is 0 Å². The Bertz CT molecular complexity index is 1060. The molecule has 0 spiro atoms. The number of aromatic nitrogens is 3. The Labute approximate surface area is 168 Å². The third-order valence-electron chi connectivity index (χ3n) is 4.64. The zero-order valence-electron chi connectivity index (χ0n) is 15.6. The molecular formula is C22H20N4OS. The van der Waals surface area contributed by atoms with Crippen LogP contribution in [0.4, 0.5) is 0 Å². The highest BCUT2D eigenvalue weighted by atomic mass is 32.1. The van der Waals surface area contributed by atoms with E-state index in [1.165, 1.54) is 5.57 Å². The molecule has 140 valence electrons. The molecule has 0 atom stereocenters. The van der Waals surface area contributed by atoms with Crippen LogP contribution < -0.4 is 0 Å². The number of carbonyl (C=O) groups excluding carboxylic acids is 1. The SMILES string of the molecule is Cc1cccc(C#CC=C2CCN(C(=O)c3cc(-c4cccs4)[nH]n3)CC2)n1. The molecule has 28 heavy (non-hydrogen) atoms. The molecule has 1 saturated heterocycles. The standard InChI is InChI=1S/C22H20N4OS/c1-16-5-2-7-18(23-16)8-3-6-17-10-12-26(13-11-17)22(27)20-15-19(24-25-20)21-9-4-14-28-21/h2,4-7,9,14-15H,10-13H2,1H3,(H,24,25). The number of amides is 1. The first-order valence-corrected chi connectivity index (χ1v) is 10.1. The summed E-state index contributed by atoms with van der Waals surface area (Å²) in [7, 11) is 0. The topological polar surface area (TPSA) is 61.9 Å². The minimum absolute atomic E-state index is 0.0202. The van der Waals surface area contributed by atoms with Gasteiger partial charge in [0, 0.05) is 18.8 Å². The zero-order chi connectivity index (χ0) is 19.3. The molecule has 0 unspecified atom stereocenters. The van der Waals surface area contributed by atoms with Crippen LogP contribution >= 0.6 is 11.3 Å². The number of hydrogen-bond acceptors (Lipinski definition) is 4. The average Bonchev–Trinajstić information content (AvgIpc) is 3.40. The Hall–Kier alpha value is -3.17. The van der Waals surface area contributed by atoms with E-state index >= 15 is 0 Å². The van der Waals surface area contributed by atoms with Crippen molar-refractivity contribution < 1.29 is 4.79 Å². The van der Waals surface area contributed by atoms with Crippen molar-refractivity contribution in [1.82, 2.24) is 20.1 Å². The van der Waals surface area contributed by atoms with Crippen molar-refractivity contribution in [1.29, 1.82) is 0 Å². The molecule has 3 aromatic rings. The molecular weight excluding hydrogens is 368 g/mol. The third-order valence-corrected chi connectivity index (χ3v) is 5.54. The van der Waals surface area contributed by atoms with Gasteiger partial charge < -0.3 is 4.90 Å². The van der Waals surface area contributed by atoms with E-state index in [2.05, 4.69) is 27.0 Å². The van der Waals surface area contributed by atoms with E-state index in [0.717, 1.165) is 34.8 Å². The van der Waals surface area contributed by atoms with E-state index in [9.17, 15) is 4.79 Å². The van der Waals surface area contributed by atoms with Crippen molar-refractivity contribution in [3.8, 4) is 22.4 Å². The summed E-state index contributed by atoms with van der Waals surface area (Å²) >= 11 is 1.62. The molecule has 0 aliphatic carbocycles. The highest BCUT2D eigenvalue weighted by Gasteiger charge is 2.22. The summed E-state index contributed by atoms with van der Waals surface area (Å²) in [6.07, 6.45) is 3.64. The third kappa shape index (κ3) is 4.21. The average molecular weight is 388 g/mol. The maximum Gasteiger partial charge on any atom is 0.274 e. The number of piperidine rings is 1. The van der Waals surface area contributed by atoms with Crippen LogP contribution in [0.1, 0.15) is 34.7 Å². The highest BCUT2D eigenvalue weighted by Crippen LogP contribution is 2.24. The molecule has 0 radical (unpaired) electrons. The van der Waals surface area contributed by atoms with E-state index in [-0.39, 0.29) is 5.91 Å². The molecule has 5 nitrogen and oxygen atoms in total. The highest BCUT2D eigenvalue weighted by molar-refractivity contribution is 7.13. The first-order valence-electron chi connectivity index (χ1n) is 9.21. The molecule has 1 amide bonds. The summed E-state index contributed by atoms with van der Waals surface area (Å²) in [6, 6.07) is 11.7. The summed E-state index contributed by atoms with van der Waals surface area (Å²) in [4.78, 5) is 20.0. The van der Waals surface area contributed by atoms with Crippen LogP contribution in [0.15, 0.2) is 53.4 Å². The van der Waals surface area contributed by atoms with Crippen LogP contribution in [0.25, 0.3) is 10.6 Å². The van der Waals surface area contributed by atoms with E-state index in [1.807, 2.05) is 59.7 Å². The minimum atomic E-state index is -0.0202. The minimum Gasteiger partial charge on any atom is -0.337 e. The number of nitrogens with one attached hydrogen (secondary N) is 1. The second kappa shape index (κ2) is 8.24. The van der Waals surface area contributed by atoms with Crippen LogP contribution in [0.5, 0.6) is 0 Å². The number of hydrogen-bond donors (Lipinski definition) is 1. The molecule has 6 heteroatoms. The van der Waals surface area contributed by atoms with Gasteiger partial charge in [-0.05, 0) is 61.4 Å². The lowest BCUT2D eigenvalue weighted by molar-refractivity contribution is 0.0737. The maximum absolute atomic E-state index is 12.7. The summed E-state index contributed by atoms with van der Waals surface area (Å²) in [5.41, 5.74) is 4.37. The number of aromatic amines is 1. The smallest absolute Gasteiger partial charge is 0.274 e. The van der Waals surface area contributed by atoms with Crippen molar-refractivity contribution in [2.24, 2.45) is 0 Å². The quantitative estimate of drug-likeness (QED) is 0.674. The number of nitrogens with zero attached hydrogens (tertiary/aromatic N) is 3. The molecule has 0 saturated carbocycles. The zero-order valence-corrected chi connectivity index (χ0v) is 16.4. The van der Waals surface area contributed by atoms with Gasteiger partial charge in [-0.2, -0.15) is 5.10 Å². The molecule has 4 heterocycles. The fourth-order valence-corrected chi connectivity index (χ4v) is 3.81. The van der Waals surface area contributed by atoms with Gasteiger partial charge in [0.25, 0.3) is 5.91 Å². The number of allylic oxidation sites excluding steroid dienone is 1. The molecule has 1 aliphatic heterocycles. The second-order valence-electron chi connectivity index (χ2n) is 6.67. The van der Waals surface area contributed by atoms with Gasteiger partial charge >= 0.3 is 0 Å². The lowest BCUT2D eigenvalue weighted by Crippen LogP contribution is -2.36. The van der Waals surface area contributed by atoms with E-state index in [1.54, 1.807) is 11.3 Å². The number of thiophene rings is 1.